The van der Waals surface area contributed by atoms with E-state index < -0.39 is 10.0 Å². The Kier molecular flexibility index (Phi) is 10.6. The number of anilines is 1. The minimum Gasteiger partial charge on any atom is -0.439 e. The number of hydrogen-bond acceptors (Lipinski definition) is 7. The van der Waals surface area contributed by atoms with Crippen LogP contribution < -0.4 is 14.8 Å². The number of aryl methyl sites for hydroxylation is 1. The molecule has 0 aliphatic carbocycles. The molecule has 1 aromatic heterocycles. The Morgan fingerprint density at radius 1 is 1.10 bits per heavy atom. The van der Waals surface area contributed by atoms with Crippen LogP contribution in [0.15, 0.2) is 36.4 Å². The molecule has 2 fully saturated rings. The number of nitrogens with zero attached hydrogens (tertiary/aromatic N) is 3. The Morgan fingerprint density at radius 2 is 1.80 bits per heavy atom. The third-order valence-corrected chi connectivity index (χ3v) is 8.11. The third kappa shape index (κ3) is 9.07. The normalized spacial score (nSPS) is 17.4. The van der Waals surface area contributed by atoms with Gasteiger partial charge in [-0.1, -0.05) is 19.4 Å². The van der Waals surface area contributed by atoms with Gasteiger partial charge >= 0.3 is 6.03 Å². The van der Waals surface area contributed by atoms with E-state index in [2.05, 4.69) is 37.8 Å². The largest absolute Gasteiger partial charge is 0.439 e. The number of ether oxygens (including phenoxy) is 2. The minimum absolute atomic E-state index is 0.0794. The first-order valence-corrected chi connectivity index (χ1v) is 16.2. The van der Waals surface area contributed by atoms with Crippen LogP contribution in [-0.2, 0) is 21.3 Å². The van der Waals surface area contributed by atoms with Gasteiger partial charge in [-0.3, -0.25) is 9.62 Å². The number of benzene rings is 1. The molecule has 1 aromatic carbocycles. The van der Waals surface area contributed by atoms with Crippen molar-refractivity contribution in [2.24, 2.45) is 0 Å². The second-order valence-corrected chi connectivity index (χ2v) is 12.5. The smallest absolute Gasteiger partial charge is 0.317 e. The summed E-state index contributed by atoms with van der Waals surface area (Å²) in [5.74, 6) is 1.07. The van der Waals surface area contributed by atoms with E-state index in [1.54, 1.807) is 24.3 Å². The van der Waals surface area contributed by atoms with Gasteiger partial charge in [-0.05, 0) is 68.9 Å². The van der Waals surface area contributed by atoms with Gasteiger partial charge in [-0.25, -0.2) is 18.2 Å². The van der Waals surface area contributed by atoms with Crippen LogP contribution in [0.1, 0.15) is 56.7 Å². The topological polar surface area (TPSA) is 113 Å². The minimum atomic E-state index is -3.32. The number of rotatable bonds is 11. The molecule has 40 heavy (non-hydrogen) atoms. The highest BCUT2D eigenvalue weighted by Gasteiger charge is 2.29. The molecule has 0 bridgehead atoms. The van der Waals surface area contributed by atoms with Crippen molar-refractivity contribution < 1.29 is 22.7 Å². The van der Waals surface area contributed by atoms with Crippen molar-refractivity contribution in [3.63, 3.8) is 0 Å². The molecule has 2 saturated heterocycles. The standard InChI is InChI=1S/C29H43N5O5S/c1-4-5-16-34(29(35)31-24-14-19-38-20-15-24)26-12-17-33(18-13-26)21-23-6-11-28(30-22(23)2)39-27-9-7-25(8-10-27)32-40(3,36)37/h6-11,24,26,32H,4-5,12-21H2,1-3H3,(H,31,35). The maximum absolute atomic E-state index is 13.2. The van der Waals surface area contributed by atoms with E-state index in [1.165, 1.54) is 0 Å². The van der Waals surface area contributed by atoms with Gasteiger partial charge < -0.3 is 19.7 Å². The average molecular weight is 574 g/mol. The van der Waals surface area contributed by atoms with Crippen molar-refractivity contribution >= 4 is 21.7 Å². The molecule has 0 saturated carbocycles. The third-order valence-electron chi connectivity index (χ3n) is 7.50. The van der Waals surface area contributed by atoms with Gasteiger partial charge in [0.05, 0.1) is 6.26 Å². The number of aromatic nitrogens is 1. The maximum Gasteiger partial charge on any atom is 0.317 e. The van der Waals surface area contributed by atoms with Gasteiger partial charge in [0.1, 0.15) is 5.75 Å². The number of pyridine rings is 1. The van der Waals surface area contributed by atoms with E-state index >= 15 is 0 Å². The lowest BCUT2D eigenvalue weighted by Gasteiger charge is -2.39. The monoisotopic (exact) mass is 573 g/mol. The van der Waals surface area contributed by atoms with Gasteiger partial charge in [0.25, 0.3) is 0 Å². The summed E-state index contributed by atoms with van der Waals surface area (Å²) in [4.78, 5) is 22.3. The molecule has 3 heterocycles. The number of urea groups is 1. The Bertz CT molecular complexity index is 1210. The number of amides is 2. The van der Waals surface area contributed by atoms with Crippen LogP contribution in [0.2, 0.25) is 0 Å². The zero-order valence-electron chi connectivity index (χ0n) is 23.9. The summed E-state index contributed by atoms with van der Waals surface area (Å²) in [7, 11) is -3.32. The Balaban J connectivity index is 1.29. The summed E-state index contributed by atoms with van der Waals surface area (Å²) in [5, 5.41) is 3.26. The van der Waals surface area contributed by atoms with Gasteiger partial charge in [-0.2, -0.15) is 0 Å². The maximum atomic E-state index is 13.2. The molecule has 0 radical (unpaired) electrons. The summed E-state index contributed by atoms with van der Waals surface area (Å²) in [5.41, 5.74) is 2.54. The van der Waals surface area contributed by atoms with Crippen molar-refractivity contribution in [1.29, 1.82) is 0 Å². The van der Waals surface area contributed by atoms with Crippen molar-refractivity contribution in [3.05, 3.63) is 47.7 Å². The highest BCUT2D eigenvalue weighted by Crippen LogP contribution is 2.25. The van der Waals surface area contributed by atoms with Crippen molar-refractivity contribution in [2.45, 2.75) is 71.0 Å². The lowest BCUT2D eigenvalue weighted by molar-refractivity contribution is 0.0739. The first-order chi connectivity index (χ1) is 19.2. The predicted molar refractivity (Wildman–Crippen MR) is 156 cm³/mol. The van der Waals surface area contributed by atoms with Gasteiger partial charge in [-0.15, -0.1) is 0 Å². The summed E-state index contributed by atoms with van der Waals surface area (Å²) in [6, 6.07) is 11.2. The molecule has 2 aromatic rings. The number of likely N-dealkylation sites (tertiary alicyclic amines) is 1. The summed E-state index contributed by atoms with van der Waals surface area (Å²) >= 11 is 0. The molecule has 2 aliphatic heterocycles. The number of carbonyl (C=O) groups excluding carboxylic acids is 1. The van der Waals surface area contributed by atoms with Crippen LogP contribution >= 0.6 is 0 Å². The molecule has 2 aliphatic rings. The lowest BCUT2D eigenvalue weighted by atomic mass is 10.0. The van der Waals surface area contributed by atoms with Crippen molar-refractivity contribution in [3.8, 4) is 11.6 Å². The van der Waals surface area contributed by atoms with E-state index in [0.29, 0.717) is 17.3 Å². The molecule has 2 amide bonds. The van der Waals surface area contributed by atoms with E-state index in [4.69, 9.17) is 9.47 Å². The summed E-state index contributed by atoms with van der Waals surface area (Å²) in [6.45, 7) is 9.07. The Labute approximate surface area is 238 Å². The molecule has 0 spiro atoms. The number of hydrogen-bond donors (Lipinski definition) is 2. The molecule has 10 nitrogen and oxygen atoms in total. The Hall–Kier alpha value is -2.89. The zero-order valence-corrected chi connectivity index (χ0v) is 24.7. The fraction of sp³-hybridized carbons (Fsp3) is 0.586. The van der Waals surface area contributed by atoms with E-state index in [9.17, 15) is 13.2 Å². The van der Waals surface area contributed by atoms with Crippen LogP contribution in [0, 0.1) is 6.92 Å². The summed E-state index contributed by atoms with van der Waals surface area (Å²) in [6.07, 6.45) is 6.89. The highest BCUT2D eigenvalue weighted by molar-refractivity contribution is 7.92. The second-order valence-electron chi connectivity index (χ2n) is 10.8. The number of unbranched alkanes of at least 4 members (excludes halogenated alkanes) is 1. The first kappa shape index (κ1) is 30.1. The SMILES string of the molecule is CCCCN(C(=O)NC1CCOCC1)C1CCN(Cc2ccc(Oc3ccc(NS(C)(=O)=O)cc3)nc2C)CC1. The lowest BCUT2D eigenvalue weighted by Crippen LogP contribution is -2.53. The number of carbonyl (C=O) groups is 1. The molecule has 0 unspecified atom stereocenters. The molecule has 11 heteroatoms. The number of sulfonamides is 1. The molecule has 0 atom stereocenters. The highest BCUT2D eigenvalue weighted by atomic mass is 32.2. The van der Waals surface area contributed by atoms with Crippen molar-refractivity contribution in [1.82, 2.24) is 20.1 Å². The van der Waals surface area contributed by atoms with Crippen LogP contribution in [0.5, 0.6) is 11.6 Å². The molecule has 220 valence electrons. The fourth-order valence-corrected chi connectivity index (χ4v) is 5.79. The van der Waals surface area contributed by atoms with Crippen LogP contribution in [0.3, 0.4) is 0 Å². The second kappa shape index (κ2) is 14.1. The number of nitrogens with one attached hydrogen (secondary N) is 2. The Morgan fingerprint density at radius 3 is 2.42 bits per heavy atom. The van der Waals surface area contributed by atoms with Gasteiger partial charge in [0, 0.05) is 68.9 Å². The fourth-order valence-electron chi connectivity index (χ4n) is 5.22. The summed E-state index contributed by atoms with van der Waals surface area (Å²) < 4.78 is 36.5. The van der Waals surface area contributed by atoms with Crippen LogP contribution in [0.25, 0.3) is 0 Å². The van der Waals surface area contributed by atoms with Gasteiger partial charge in [0.15, 0.2) is 0 Å². The van der Waals surface area contributed by atoms with E-state index in [1.807, 2.05) is 13.0 Å². The molecule has 2 N–H and O–H groups in total. The average Bonchev–Trinajstić information content (AvgIpc) is 2.92. The first-order valence-electron chi connectivity index (χ1n) is 14.3. The van der Waals surface area contributed by atoms with Crippen LogP contribution in [0.4, 0.5) is 10.5 Å². The molecular formula is C29H43N5O5S. The predicted octanol–water partition coefficient (Wildman–Crippen LogP) is 4.51. The van der Waals surface area contributed by atoms with Gasteiger partial charge in [0.2, 0.25) is 15.9 Å². The van der Waals surface area contributed by atoms with E-state index in [0.717, 1.165) is 95.4 Å². The van der Waals surface area contributed by atoms with Crippen molar-refractivity contribution in [2.75, 3.05) is 43.8 Å². The van der Waals surface area contributed by atoms with E-state index in [-0.39, 0.29) is 18.1 Å². The number of piperidine rings is 1. The molecular weight excluding hydrogens is 530 g/mol. The quantitative estimate of drug-likeness (QED) is 0.407. The zero-order chi connectivity index (χ0) is 28.5. The molecule has 4 rings (SSSR count). The van der Waals surface area contributed by atoms with Crippen LogP contribution in [-0.4, -0.2) is 80.4 Å².